The van der Waals surface area contributed by atoms with Crippen molar-refractivity contribution in [3.8, 4) is 0 Å². The molecule has 3 N–H and O–H groups in total. The molecular formula is C14H18BrFN2O. The van der Waals surface area contributed by atoms with Crippen molar-refractivity contribution in [3.05, 3.63) is 34.1 Å². The molecule has 0 aromatic heterocycles. The summed E-state index contributed by atoms with van der Waals surface area (Å²) < 4.78 is 13.5. The van der Waals surface area contributed by atoms with Gasteiger partial charge >= 0.3 is 0 Å². The molecule has 1 amide bonds. The molecule has 104 valence electrons. The molecule has 19 heavy (non-hydrogen) atoms. The van der Waals surface area contributed by atoms with Crippen molar-refractivity contribution in [3.63, 3.8) is 0 Å². The molecule has 0 radical (unpaired) electrons. The Labute approximate surface area is 120 Å². The summed E-state index contributed by atoms with van der Waals surface area (Å²) in [6.07, 6.45) is 4.10. The van der Waals surface area contributed by atoms with Crippen molar-refractivity contribution in [1.29, 1.82) is 0 Å². The van der Waals surface area contributed by atoms with Crippen molar-refractivity contribution in [2.75, 3.05) is 0 Å². The van der Waals surface area contributed by atoms with Crippen LogP contribution in [0, 0.1) is 5.82 Å². The molecule has 0 atom stereocenters. The molecule has 1 aliphatic rings. The number of amides is 1. The van der Waals surface area contributed by atoms with Gasteiger partial charge in [0.15, 0.2) is 0 Å². The van der Waals surface area contributed by atoms with Crippen LogP contribution in [0.5, 0.6) is 0 Å². The van der Waals surface area contributed by atoms with E-state index >= 15 is 0 Å². The first-order valence-electron chi connectivity index (χ1n) is 6.53. The van der Waals surface area contributed by atoms with Crippen LogP contribution in [0.4, 0.5) is 4.39 Å². The zero-order valence-electron chi connectivity index (χ0n) is 10.7. The van der Waals surface area contributed by atoms with Crippen LogP contribution in [0.25, 0.3) is 0 Å². The third-order valence-corrected chi connectivity index (χ3v) is 4.09. The van der Waals surface area contributed by atoms with Gasteiger partial charge < -0.3 is 11.1 Å². The van der Waals surface area contributed by atoms with Gasteiger partial charge in [0.1, 0.15) is 5.82 Å². The fourth-order valence-electron chi connectivity index (χ4n) is 2.38. The largest absolute Gasteiger partial charge is 0.353 e. The summed E-state index contributed by atoms with van der Waals surface area (Å²) in [5, 5.41) is 3.02. The predicted molar refractivity (Wildman–Crippen MR) is 76.2 cm³/mol. The highest BCUT2D eigenvalue weighted by Gasteiger charge is 2.20. The Balaban J connectivity index is 1.85. The van der Waals surface area contributed by atoms with Gasteiger partial charge in [-0.1, -0.05) is 6.07 Å². The molecule has 0 saturated heterocycles. The highest BCUT2D eigenvalue weighted by Crippen LogP contribution is 2.19. The van der Waals surface area contributed by atoms with Crippen LogP contribution < -0.4 is 11.1 Å². The molecule has 0 unspecified atom stereocenters. The summed E-state index contributed by atoms with van der Waals surface area (Å²) in [5.41, 5.74) is 6.63. The number of carbonyl (C=O) groups is 1. The summed E-state index contributed by atoms with van der Waals surface area (Å²) in [4.78, 5) is 11.9. The quantitative estimate of drug-likeness (QED) is 0.895. The molecule has 1 fully saturated rings. The van der Waals surface area contributed by atoms with Gasteiger partial charge in [-0.3, -0.25) is 4.79 Å². The molecule has 0 spiro atoms. The van der Waals surface area contributed by atoms with E-state index in [1.165, 1.54) is 6.07 Å². The standard InChI is InChI=1S/C14H18BrFN2O/c15-12-7-9(1-6-13(12)16)8-14(19)18-11-4-2-10(17)3-5-11/h1,6-7,10-11H,2-5,8,17H2,(H,18,19). The van der Waals surface area contributed by atoms with E-state index in [-0.39, 0.29) is 30.2 Å². The average molecular weight is 329 g/mol. The molecule has 1 saturated carbocycles. The molecule has 1 aliphatic carbocycles. The Kier molecular flexibility index (Phi) is 4.93. The number of nitrogens with one attached hydrogen (secondary N) is 1. The highest BCUT2D eigenvalue weighted by molar-refractivity contribution is 9.10. The number of benzene rings is 1. The summed E-state index contributed by atoms with van der Waals surface area (Å²) in [6, 6.07) is 5.16. The molecule has 2 rings (SSSR count). The van der Waals surface area contributed by atoms with Crippen LogP contribution in [0.15, 0.2) is 22.7 Å². The van der Waals surface area contributed by atoms with Crippen LogP contribution in [0.1, 0.15) is 31.2 Å². The van der Waals surface area contributed by atoms with E-state index in [1.54, 1.807) is 12.1 Å². The maximum absolute atomic E-state index is 13.1. The van der Waals surface area contributed by atoms with E-state index in [0.717, 1.165) is 31.2 Å². The smallest absolute Gasteiger partial charge is 0.224 e. The van der Waals surface area contributed by atoms with Gasteiger partial charge in [-0.25, -0.2) is 4.39 Å². The second-order valence-corrected chi connectivity index (χ2v) is 5.96. The Hall–Kier alpha value is -0.940. The van der Waals surface area contributed by atoms with Gasteiger partial charge in [-0.15, -0.1) is 0 Å². The van der Waals surface area contributed by atoms with Crippen molar-refractivity contribution in [1.82, 2.24) is 5.32 Å². The summed E-state index contributed by atoms with van der Waals surface area (Å²) in [6.45, 7) is 0. The minimum absolute atomic E-state index is 0.0148. The summed E-state index contributed by atoms with van der Waals surface area (Å²) in [7, 11) is 0. The molecule has 5 heteroatoms. The Bertz CT molecular complexity index is 459. The lowest BCUT2D eigenvalue weighted by atomic mass is 9.91. The zero-order valence-corrected chi connectivity index (χ0v) is 12.2. The van der Waals surface area contributed by atoms with E-state index in [0.29, 0.717) is 4.47 Å². The second kappa shape index (κ2) is 6.48. The third kappa shape index (κ3) is 4.28. The molecule has 1 aromatic carbocycles. The SMILES string of the molecule is NC1CCC(NC(=O)Cc2ccc(F)c(Br)c2)CC1. The number of nitrogens with two attached hydrogens (primary N) is 1. The maximum Gasteiger partial charge on any atom is 0.224 e. The van der Waals surface area contributed by atoms with E-state index in [2.05, 4.69) is 21.2 Å². The van der Waals surface area contributed by atoms with E-state index in [9.17, 15) is 9.18 Å². The lowest BCUT2D eigenvalue weighted by Crippen LogP contribution is -2.41. The fourth-order valence-corrected chi connectivity index (χ4v) is 2.80. The number of rotatable bonds is 3. The van der Waals surface area contributed by atoms with Crippen LogP contribution >= 0.6 is 15.9 Å². The van der Waals surface area contributed by atoms with Gasteiger partial charge in [-0.05, 0) is 59.3 Å². The van der Waals surface area contributed by atoms with Crippen molar-refractivity contribution in [2.24, 2.45) is 5.73 Å². The summed E-state index contributed by atoms with van der Waals surface area (Å²) >= 11 is 3.12. The number of hydrogen-bond acceptors (Lipinski definition) is 2. The molecular weight excluding hydrogens is 311 g/mol. The maximum atomic E-state index is 13.1. The normalized spacial score (nSPS) is 23.1. The van der Waals surface area contributed by atoms with E-state index in [4.69, 9.17) is 5.73 Å². The highest BCUT2D eigenvalue weighted by atomic mass is 79.9. The van der Waals surface area contributed by atoms with Gasteiger partial charge in [-0.2, -0.15) is 0 Å². The van der Waals surface area contributed by atoms with E-state index < -0.39 is 0 Å². The van der Waals surface area contributed by atoms with Crippen molar-refractivity contribution in [2.45, 2.75) is 44.2 Å². The number of halogens is 2. The van der Waals surface area contributed by atoms with Crippen LogP contribution in [0.3, 0.4) is 0 Å². The van der Waals surface area contributed by atoms with Crippen LogP contribution in [0.2, 0.25) is 0 Å². The van der Waals surface area contributed by atoms with Gasteiger partial charge in [0.05, 0.1) is 10.9 Å². The molecule has 0 heterocycles. The second-order valence-electron chi connectivity index (χ2n) is 5.10. The third-order valence-electron chi connectivity index (χ3n) is 3.49. The first kappa shape index (κ1) is 14.5. The molecule has 0 aliphatic heterocycles. The fraction of sp³-hybridized carbons (Fsp3) is 0.500. The first-order valence-corrected chi connectivity index (χ1v) is 7.33. The number of hydrogen-bond donors (Lipinski definition) is 2. The minimum Gasteiger partial charge on any atom is -0.353 e. The molecule has 1 aromatic rings. The summed E-state index contributed by atoms with van der Waals surface area (Å²) in [5.74, 6) is -0.329. The Morgan fingerprint density at radius 1 is 1.37 bits per heavy atom. The zero-order chi connectivity index (χ0) is 13.8. The predicted octanol–water partition coefficient (Wildman–Crippen LogP) is 2.52. The average Bonchev–Trinajstić information content (AvgIpc) is 2.37. The lowest BCUT2D eigenvalue weighted by Gasteiger charge is -2.26. The van der Waals surface area contributed by atoms with Crippen LogP contribution in [-0.2, 0) is 11.2 Å². The Morgan fingerprint density at radius 3 is 2.68 bits per heavy atom. The van der Waals surface area contributed by atoms with Crippen molar-refractivity contribution >= 4 is 21.8 Å². The minimum atomic E-state index is -0.314. The van der Waals surface area contributed by atoms with Gasteiger partial charge in [0.25, 0.3) is 0 Å². The monoisotopic (exact) mass is 328 g/mol. The lowest BCUT2D eigenvalue weighted by molar-refractivity contribution is -0.121. The van der Waals surface area contributed by atoms with Gasteiger partial charge in [0, 0.05) is 12.1 Å². The van der Waals surface area contributed by atoms with Crippen LogP contribution in [-0.4, -0.2) is 18.0 Å². The topological polar surface area (TPSA) is 55.1 Å². The molecule has 3 nitrogen and oxygen atoms in total. The number of carbonyl (C=O) groups excluding carboxylic acids is 1. The molecule has 0 bridgehead atoms. The van der Waals surface area contributed by atoms with E-state index in [1.807, 2.05) is 0 Å². The first-order chi connectivity index (χ1) is 9.04. The van der Waals surface area contributed by atoms with Gasteiger partial charge in [0.2, 0.25) is 5.91 Å². The van der Waals surface area contributed by atoms with Crippen molar-refractivity contribution < 1.29 is 9.18 Å². The Morgan fingerprint density at radius 2 is 2.05 bits per heavy atom.